The molecule has 1 atom stereocenters. The van der Waals surface area contributed by atoms with Gasteiger partial charge >= 0.3 is 0 Å². The van der Waals surface area contributed by atoms with E-state index in [-0.39, 0.29) is 47.5 Å². The number of benzene rings is 1. The maximum absolute atomic E-state index is 13.3. The van der Waals surface area contributed by atoms with Crippen LogP contribution in [0.15, 0.2) is 48.7 Å². The van der Waals surface area contributed by atoms with E-state index in [1.54, 1.807) is 31.1 Å². The quantitative estimate of drug-likeness (QED) is 0.190. The van der Waals surface area contributed by atoms with E-state index in [4.69, 9.17) is 5.10 Å². The maximum Gasteiger partial charge on any atom is 0.274 e. The van der Waals surface area contributed by atoms with E-state index in [0.717, 1.165) is 86.2 Å². The highest BCUT2D eigenvalue weighted by Crippen LogP contribution is 2.50. The molecule has 3 amide bonds. The lowest BCUT2D eigenvalue weighted by Gasteiger charge is -2.39. The second kappa shape index (κ2) is 14.2. The third kappa shape index (κ3) is 7.07. The van der Waals surface area contributed by atoms with Crippen LogP contribution in [0.5, 0.6) is 0 Å². The molecule has 5 heterocycles. The van der Waals surface area contributed by atoms with Crippen molar-refractivity contribution in [2.75, 3.05) is 49.8 Å². The molecule has 276 valence electrons. The number of para-hydroxylation sites is 1. The van der Waals surface area contributed by atoms with Crippen molar-refractivity contribution >= 4 is 40.6 Å². The summed E-state index contributed by atoms with van der Waals surface area (Å²) in [5.74, 6) is -0.122. The van der Waals surface area contributed by atoms with Crippen molar-refractivity contribution in [3.63, 3.8) is 0 Å². The number of nitrogens with one attached hydrogen (secondary N) is 3. The molecule has 14 nitrogen and oxygen atoms in total. The molecule has 2 aliphatic heterocycles. The molecule has 3 aromatic heterocycles. The number of rotatable bonds is 11. The normalized spacial score (nSPS) is 18.6. The number of likely N-dealkylation sites (tertiary alicyclic amines) is 1. The van der Waals surface area contributed by atoms with E-state index in [0.29, 0.717) is 23.7 Å². The fraction of sp³-hybridized carbons (Fsp3) is 0.462. The third-order valence-corrected chi connectivity index (χ3v) is 10.8. The summed E-state index contributed by atoms with van der Waals surface area (Å²) in [5, 5.41) is 23.0. The minimum atomic E-state index is -0.286. The van der Waals surface area contributed by atoms with Gasteiger partial charge in [-0.1, -0.05) is 25.1 Å². The lowest BCUT2D eigenvalue weighted by molar-refractivity contribution is -0.117. The molecular formula is C39H47N11O3. The average molecular weight is 718 g/mol. The summed E-state index contributed by atoms with van der Waals surface area (Å²) >= 11 is 0. The molecule has 1 aromatic carbocycles. The predicted molar refractivity (Wildman–Crippen MR) is 202 cm³/mol. The number of pyridine rings is 1. The number of carbonyl (C=O) groups is 3. The van der Waals surface area contributed by atoms with Crippen molar-refractivity contribution in [1.29, 1.82) is 0 Å². The van der Waals surface area contributed by atoms with Crippen LogP contribution in [0.2, 0.25) is 0 Å². The highest BCUT2D eigenvalue weighted by molar-refractivity contribution is 6.01. The molecule has 0 bridgehead atoms. The molecule has 53 heavy (non-hydrogen) atoms. The zero-order valence-electron chi connectivity index (χ0n) is 30.8. The number of anilines is 4. The highest BCUT2D eigenvalue weighted by atomic mass is 16.2. The van der Waals surface area contributed by atoms with Gasteiger partial charge in [0.05, 0.1) is 46.7 Å². The molecule has 1 saturated heterocycles. The smallest absolute Gasteiger partial charge is 0.274 e. The molecule has 0 radical (unpaired) electrons. The van der Waals surface area contributed by atoms with Crippen LogP contribution in [-0.4, -0.2) is 92.8 Å². The first-order valence-corrected chi connectivity index (χ1v) is 18.8. The molecule has 8 rings (SSSR count). The number of aromatic nitrogens is 5. The highest BCUT2D eigenvalue weighted by Gasteiger charge is 2.36. The van der Waals surface area contributed by atoms with Crippen LogP contribution in [0.3, 0.4) is 0 Å². The van der Waals surface area contributed by atoms with E-state index in [1.165, 1.54) is 5.69 Å². The Morgan fingerprint density at radius 3 is 2.42 bits per heavy atom. The molecule has 0 spiro atoms. The molecule has 2 saturated carbocycles. The Morgan fingerprint density at radius 2 is 1.70 bits per heavy atom. The molecule has 3 N–H and O–H groups in total. The van der Waals surface area contributed by atoms with Gasteiger partial charge < -0.3 is 25.8 Å². The number of carbonyl (C=O) groups excluding carboxylic acids is 3. The van der Waals surface area contributed by atoms with Gasteiger partial charge in [-0.3, -0.25) is 24.0 Å². The minimum Gasteiger partial charge on any atom is -0.364 e. The monoisotopic (exact) mass is 717 g/mol. The summed E-state index contributed by atoms with van der Waals surface area (Å²) in [6.07, 6.45) is 8.45. The van der Waals surface area contributed by atoms with Crippen LogP contribution >= 0.6 is 0 Å². The summed E-state index contributed by atoms with van der Waals surface area (Å²) < 4.78 is 2.26. The van der Waals surface area contributed by atoms with Crippen LogP contribution in [0.1, 0.15) is 96.3 Å². The summed E-state index contributed by atoms with van der Waals surface area (Å²) in [6, 6.07) is 14.0. The van der Waals surface area contributed by atoms with Gasteiger partial charge in [0.1, 0.15) is 5.69 Å². The van der Waals surface area contributed by atoms with Crippen molar-refractivity contribution in [3.8, 4) is 11.1 Å². The first kappa shape index (κ1) is 34.7. The standard InChI is InChI=1S/C39H47N11O3/c1-5-32-36-28(21-40-50(36)26-16-18-49(19-17-26)22-25-8-6-11-30(41-25)39(53)47(2)3)27-9-7-10-29(35(27)48(32)4)43-31-20-33(44-37(51)23-12-13-23)45-46-34(31)38(52)42-24-14-15-24/h6-11,20-21,23-24,26,32H,5,12-19,22H2,1-4H3,(H,42,52)(H2,43,44,45,51)/t32-/m0/s1. The Balaban J connectivity index is 1.04. The SMILES string of the molecule is CC[C@H]1c2c(cnn2C2CCN(Cc3cccc(C(=O)N(C)C)n3)CC2)-c2cccc(Nc3cc(NC(=O)C4CC4)nnc3C(=O)NC3CC3)c2N1C. The number of amides is 3. The Morgan fingerprint density at radius 1 is 0.925 bits per heavy atom. The van der Waals surface area contributed by atoms with Crippen LogP contribution < -0.4 is 20.9 Å². The van der Waals surface area contributed by atoms with Gasteiger partial charge in [0.15, 0.2) is 11.5 Å². The van der Waals surface area contributed by atoms with Gasteiger partial charge in [-0.2, -0.15) is 5.10 Å². The van der Waals surface area contributed by atoms with Gasteiger partial charge in [0.25, 0.3) is 11.8 Å². The van der Waals surface area contributed by atoms with Gasteiger partial charge in [0.2, 0.25) is 5.91 Å². The second-order valence-corrected chi connectivity index (χ2v) is 15.0. The number of nitrogens with zero attached hydrogens (tertiary/aromatic N) is 8. The van der Waals surface area contributed by atoms with Gasteiger partial charge in [-0.25, -0.2) is 4.98 Å². The summed E-state index contributed by atoms with van der Waals surface area (Å²) in [5.41, 5.74) is 7.28. The Hall–Kier alpha value is -5.37. The molecule has 4 aromatic rings. The summed E-state index contributed by atoms with van der Waals surface area (Å²) in [7, 11) is 5.61. The number of piperidine rings is 1. The second-order valence-electron chi connectivity index (χ2n) is 15.0. The zero-order chi connectivity index (χ0) is 36.8. The summed E-state index contributed by atoms with van der Waals surface area (Å²) in [4.78, 5) is 49.3. The maximum atomic E-state index is 13.3. The lowest BCUT2D eigenvalue weighted by Crippen LogP contribution is -2.37. The first-order chi connectivity index (χ1) is 25.7. The Labute approximate surface area is 309 Å². The van der Waals surface area contributed by atoms with E-state index in [2.05, 4.69) is 65.7 Å². The van der Waals surface area contributed by atoms with E-state index < -0.39 is 0 Å². The molecule has 0 unspecified atom stereocenters. The lowest BCUT2D eigenvalue weighted by atomic mass is 9.91. The van der Waals surface area contributed by atoms with Crippen molar-refractivity contribution in [2.24, 2.45) is 5.92 Å². The average Bonchev–Trinajstić information content (AvgIpc) is 4.10. The van der Waals surface area contributed by atoms with E-state index in [1.807, 2.05) is 30.5 Å². The predicted octanol–water partition coefficient (Wildman–Crippen LogP) is 5.16. The number of hydrogen-bond donors (Lipinski definition) is 3. The van der Waals surface area contributed by atoms with Crippen LogP contribution in [-0.2, 0) is 11.3 Å². The van der Waals surface area contributed by atoms with Crippen molar-refractivity contribution in [3.05, 3.63) is 71.4 Å². The zero-order valence-corrected chi connectivity index (χ0v) is 30.8. The molecular weight excluding hydrogens is 671 g/mol. The van der Waals surface area contributed by atoms with Crippen molar-refractivity contribution < 1.29 is 14.4 Å². The molecule has 4 aliphatic rings. The Bertz CT molecular complexity index is 2050. The van der Waals surface area contributed by atoms with E-state index in [9.17, 15) is 14.4 Å². The Kier molecular flexibility index (Phi) is 9.31. The van der Waals surface area contributed by atoms with Crippen LogP contribution in [0, 0.1) is 5.92 Å². The van der Waals surface area contributed by atoms with Crippen LogP contribution in [0.4, 0.5) is 22.9 Å². The van der Waals surface area contributed by atoms with Crippen LogP contribution in [0.25, 0.3) is 11.1 Å². The number of hydrogen-bond acceptors (Lipinski definition) is 10. The largest absolute Gasteiger partial charge is 0.364 e. The molecule has 3 fully saturated rings. The third-order valence-electron chi connectivity index (χ3n) is 10.8. The van der Waals surface area contributed by atoms with Crippen molar-refractivity contribution in [2.45, 2.75) is 76.5 Å². The molecule has 14 heteroatoms. The topological polar surface area (TPSA) is 154 Å². The summed E-state index contributed by atoms with van der Waals surface area (Å²) in [6.45, 7) is 4.72. The fourth-order valence-electron chi connectivity index (χ4n) is 7.63. The van der Waals surface area contributed by atoms with Gasteiger partial charge in [-0.05, 0) is 63.1 Å². The number of fused-ring (bicyclic) bond motifs is 3. The van der Waals surface area contributed by atoms with Gasteiger partial charge in [-0.15, -0.1) is 10.2 Å². The minimum absolute atomic E-state index is 0.00992. The van der Waals surface area contributed by atoms with E-state index >= 15 is 0 Å². The van der Waals surface area contributed by atoms with Crippen molar-refractivity contribution in [1.82, 2.24) is 40.1 Å². The fourth-order valence-corrected chi connectivity index (χ4v) is 7.63. The molecule has 2 aliphatic carbocycles. The first-order valence-electron chi connectivity index (χ1n) is 18.8. The van der Waals surface area contributed by atoms with Gasteiger partial charge in [0, 0.05) is 69.9 Å².